The van der Waals surface area contributed by atoms with Gasteiger partial charge in [0.1, 0.15) is 5.65 Å². The molecule has 0 aliphatic carbocycles. The monoisotopic (exact) mass is 352 g/mol. The summed E-state index contributed by atoms with van der Waals surface area (Å²) in [5.74, 6) is 0. The third-order valence-electron chi connectivity index (χ3n) is 4.84. The lowest BCUT2D eigenvalue weighted by Crippen LogP contribution is -2.11. The molecule has 0 atom stereocenters. The van der Waals surface area contributed by atoms with Crippen LogP contribution in [-0.2, 0) is 6.42 Å². The average Bonchev–Trinajstić information content (AvgIpc) is 3.15. The number of fused-ring (bicyclic) bond motifs is 2. The molecule has 5 aromatic rings. The first-order valence-electron chi connectivity index (χ1n) is 8.77. The van der Waals surface area contributed by atoms with E-state index in [1.807, 2.05) is 54.7 Å². The number of hydrogen-bond acceptors (Lipinski definition) is 3. The van der Waals surface area contributed by atoms with E-state index in [1.165, 1.54) is 0 Å². The standard InChI is InChI=1S/C22H16N4O/c27-22-17-9-8-15(19-13-24-21-16(19)7-4-10-23-21)12-18(17)20(25-26-22)11-14-5-2-1-3-6-14/h1-10,12-13H,11H2,(H,23,24)(H,26,27). The van der Waals surface area contributed by atoms with Crippen molar-refractivity contribution >= 4 is 21.8 Å². The molecule has 0 aliphatic rings. The molecule has 2 aromatic carbocycles. The number of hydrogen-bond donors (Lipinski definition) is 2. The van der Waals surface area contributed by atoms with Crippen LogP contribution in [0.4, 0.5) is 0 Å². The number of H-pyrrole nitrogens is 2. The fourth-order valence-electron chi connectivity index (χ4n) is 3.51. The highest BCUT2D eigenvalue weighted by Crippen LogP contribution is 2.30. The topological polar surface area (TPSA) is 74.4 Å². The van der Waals surface area contributed by atoms with Gasteiger partial charge in [-0.3, -0.25) is 4.79 Å². The van der Waals surface area contributed by atoms with Crippen LogP contribution in [0.25, 0.3) is 32.9 Å². The first-order valence-corrected chi connectivity index (χ1v) is 8.77. The molecule has 0 bridgehead atoms. The maximum Gasteiger partial charge on any atom is 0.272 e. The van der Waals surface area contributed by atoms with Crippen LogP contribution in [0.1, 0.15) is 11.3 Å². The maximum atomic E-state index is 12.3. The zero-order chi connectivity index (χ0) is 18.2. The van der Waals surface area contributed by atoms with Crippen molar-refractivity contribution in [2.75, 3.05) is 0 Å². The summed E-state index contributed by atoms with van der Waals surface area (Å²) in [4.78, 5) is 19.8. The minimum absolute atomic E-state index is 0.172. The molecule has 5 nitrogen and oxygen atoms in total. The van der Waals surface area contributed by atoms with E-state index in [9.17, 15) is 4.79 Å². The van der Waals surface area contributed by atoms with Crippen molar-refractivity contribution in [2.24, 2.45) is 0 Å². The van der Waals surface area contributed by atoms with Crippen molar-refractivity contribution in [2.45, 2.75) is 6.42 Å². The van der Waals surface area contributed by atoms with Crippen molar-refractivity contribution in [3.05, 3.63) is 94.7 Å². The summed E-state index contributed by atoms with van der Waals surface area (Å²) in [7, 11) is 0. The maximum absolute atomic E-state index is 12.3. The fraction of sp³-hybridized carbons (Fsp3) is 0.0455. The highest BCUT2D eigenvalue weighted by molar-refractivity contribution is 5.97. The summed E-state index contributed by atoms with van der Waals surface area (Å²) in [5, 5.41) is 9.53. The van der Waals surface area contributed by atoms with Gasteiger partial charge in [0.25, 0.3) is 5.56 Å². The lowest BCUT2D eigenvalue weighted by Gasteiger charge is -2.07. The summed E-state index contributed by atoms with van der Waals surface area (Å²) >= 11 is 0. The Balaban J connectivity index is 1.70. The molecule has 0 radical (unpaired) electrons. The molecule has 0 saturated heterocycles. The van der Waals surface area contributed by atoms with Gasteiger partial charge in [-0.25, -0.2) is 10.1 Å². The van der Waals surface area contributed by atoms with Gasteiger partial charge < -0.3 is 4.98 Å². The van der Waals surface area contributed by atoms with Crippen LogP contribution in [0.2, 0.25) is 0 Å². The van der Waals surface area contributed by atoms with Crippen LogP contribution < -0.4 is 5.56 Å². The predicted octanol–water partition coefficient (Wildman–Crippen LogP) is 4.06. The van der Waals surface area contributed by atoms with E-state index in [2.05, 4.69) is 32.3 Å². The molecule has 0 amide bonds. The number of nitrogens with one attached hydrogen (secondary N) is 2. The second-order valence-corrected chi connectivity index (χ2v) is 6.52. The van der Waals surface area contributed by atoms with Gasteiger partial charge in [-0.2, -0.15) is 5.10 Å². The lowest BCUT2D eigenvalue weighted by molar-refractivity contribution is 0.934. The van der Waals surface area contributed by atoms with Crippen LogP contribution in [0.15, 0.2) is 77.9 Å². The Hall–Kier alpha value is -3.73. The Bertz CT molecular complexity index is 1320. The molecule has 3 heterocycles. The van der Waals surface area contributed by atoms with Gasteiger partial charge in [0.15, 0.2) is 0 Å². The molecule has 5 heteroatoms. The van der Waals surface area contributed by atoms with E-state index in [4.69, 9.17) is 0 Å². The molecule has 0 unspecified atom stereocenters. The predicted molar refractivity (Wildman–Crippen MR) is 107 cm³/mol. The molecule has 0 aliphatic heterocycles. The summed E-state index contributed by atoms with van der Waals surface area (Å²) in [6.45, 7) is 0. The zero-order valence-corrected chi connectivity index (χ0v) is 14.4. The highest BCUT2D eigenvalue weighted by atomic mass is 16.1. The molecule has 3 aromatic heterocycles. The first kappa shape index (κ1) is 15.5. The molecule has 5 rings (SSSR count). The Morgan fingerprint density at radius 1 is 0.889 bits per heavy atom. The SMILES string of the molecule is O=c1[nH]nc(Cc2ccccc2)c2cc(-c3c[nH]c4ncccc34)ccc12. The molecule has 130 valence electrons. The van der Waals surface area contributed by atoms with Crippen molar-refractivity contribution in [3.8, 4) is 11.1 Å². The van der Waals surface area contributed by atoms with Crippen LogP contribution in [0.3, 0.4) is 0 Å². The second-order valence-electron chi connectivity index (χ2n) is 6.52. The van der Waals surface area contributed by atoms with Gasteiger partial charge in [-0.1, -0.05) is 36.4 Å². The van der Waals surface area contributed by atoms with Crippen LogP contribution >= 0.6 is 0 Å². The van der Waals surface area contributed by atoms with Gasteiger partial charge in [0.2, 0.25) is 0 Å². The summed E-state index contributed by atoms with van der Waals surface area (Å²) in [6.07, 6.45) is 4.38. The smallest absolute Gasteiger partial charge is 0.272 e. The van der Waals surface area contributed by atoms with Gasteiger partial charge in [-0.05, 0) is 35.4 Å². The van der Waals surface area contributed by atoms with Crippen molar-refractivity contribution in [1.82, 2.24) is 20.2 Å². The molecule has 0 spiro atoms. The van der Waals surface area contributed by atoms with Crippen LogP contribution in [0, 0.1) is 0 Å². The van der Waals surface area contributed by atoms with E-state index in [-0.39, 0.29) is 5.56 Å². The fourth-order valence-corrected chi connectivity index (χ4v) is 3.51. The molecule has 0 fully saturated rings. The molecular formula is C22H16N4O. The van der Waals surface area contributed by atoms with Crippen LogP contribution in [-0.4, -0.2) is 20.2 Å². The van der Waals surface area contributed by atoms with Crippen molar-refractivity contribution in [1.29, 1.82) is 0 Å². The van der Waals surface area contributed by atoms with E-state index >= 15 is 0 Å². The number of nitrogens with zero attached hydrogens (tertiary/aromatic N) is 2. The van der Waals surface area contributed by atoms with E-state index in [0.717, 1.165) is 38.8 Å². The van der Waals surface area contributed by atoms with Crippen molar-refractivity contribution < 1.29 is 0 Å². The van der Waals surface area contributed by atoms with E-state index < -0.39 is 0 Å². The molecule has 0 saturated carbocycles. The lowest BCUT2D eigenvalue weighted by atomic mass is 9.99. The molecule has 27 heavy (non-hydrogen) atoms. The second kappa shape index (κ2) is 6.21. The Kier molecular flexibility index (Phi) is 3.57. The Labute approximate surface area is 154 Å². The summed E-state index contributed by atoms with van der Waals surface area (Å²) in [5.41, 5.74) is 4.78. The van der Waals surface area contributed by atoms with Gasteiger partial charge in [0, 0.05) is 35.2 Å². The minimum atomic E-state index is -0.172. The van der Waals surface area contributed by atoms with Crippen molar-refractivity contribution in [3.63, 3.8) is 0 Å². The normalized spacial score (nSPS) is 11.3. The van der Waals surface area contributed by atoms with E-state index in [1.54, 1.807) is 6.20 Å². The number of aromatic nitrogens is 4. The third kappa shape index (κ3) is 2.69. The quantitative estimate of drug-likeness (QED) is 0.514. The highest BCUT2D eigenvalue weighted by Gasteiger charge is 2.12. The summed E-state index contributed by atoms with van der Waals surface area (Å²) in [6, 6.07) is 20.0. The van der Waals surface area contributed by atoms with E-state index in [0.29, 0.717) is 11.8 Å². The Morgan fingerprint density at radius 3 is 2.67 bits per heavy atom. The molecular weight excluding hydrogens is 336 g/mol. The van der Waals surface area contributed by atoms with Gasteiger partial charge >= 0.3 is 0 Å². The minimum Gasteiger partial charge on any atom is -0.346 e. The first-order chi connectivity index (χ1) is 13.3. The van der Waals surface area contributed by atoms with Gasteiger partial charge in [-0.15, -0.1) is 0 Å². The largest absolute Gasteiger partial charge is 0.346 e. The number of benzene rings is 2. The molecule has 2 N–H and O–H groups in total. The number of rotatable bonds is 3. The third-order valence-corrected chi connectivity index (χ3v) is 4.84. The Morgan fingerprint density at radius 2 is 1.78 bits per heavy atom. The number of pyridine rings is 1. The average molecular weight is 352 g/mol. The van der Waals surface area contributed by atoms with Gasteiger partial charge in [0.05, 0.1) is 11.1 Å². The number of aromatic amines is 2. The summed E-state index contributed by atoms with van der Waals surface area (Å²) < 4.78 is 0. The zero-order valence-electron chi connectivity index (χ0n) is 14.4. The van der Waals surface area contributed by atoms with Crippen LogP contribution in [0.5, 0.6) is 0 Å².